The summed E-state index contributed by atoms with van der Waals surface area (Å²) in [5, 5.41) is 0. The molecule has 2 aliphatic carbocycles. The first-order valence-electron chi connectivity index (χ1n) is 4.60. The Morgan fingerprint density at radius 3 is 2.90 bits per heavy atom. The number of hydrogen-bond donors (Lipinski definition) is 0. The summed E-state index contributed by atoms with van der Waals surface area (Å²) in [5.41, 5.74) is 0. The SMILES string of the molecule is C1CC[C@@H]2C3O[C@H]3C[C@@H]2C1. The highest BCUT2D eigenvalue weighted by Gasteiger charge is 2.55. The Bertz CT molecular complexity index is 155. The highest BCUT2D eigenvalue weighted by Crippen LogP contribution is 2.52. The van der Waals surface area contributed by atoms with Crippen LogP contribution in [0.15, 0.2) is 0 Å². The van der Waals surface area contributed by atoms with Gasteiger partial charge < -0.3 is 4.74 Å². The van der Waals surface area contributed by atoms with Gasteiger partial charge >= 0.3 is 0 Å². The van der Waals surface area contributed by atoms with Crippen LogP contribution in [0.1, 0.15) is 32.1 Å². The first-order valence-corrected chi connectivity index (χ1v) is 4.60. The minimum absolute atomic E-state index is 0.716. The smallest absolute Gasteiger partial charge is 0.0872 e. The lowest BCUT2D eigenvalue weighted by atomic mass is 9.81. The van der Waals surface area contributed by atoms with Gasteiger partial charge in [-0.1, -0.05) is 12.8 Å². The maximum atomic E-state index is 5.52. The van der Waals surface area contributed by atoms with Crippen molar-refractivity contribution in [3.63, 3.8) is 0 Å². The molecule has 0 radical (unpaired) electrons. The lowest BCUT2D eigenvalue weighted by Crippen LogP contribution is -2.19. The molecule has 56 valence electrons. The average Bonchev–Trinajstić information content (AvgIpc) is 2.64. The molecule has 3 aliphatic rings. The summed E-state index contributed by atoms with van der Waals surface area (Å²) < 4.78 is 5.52. The van der Waals surface area contributed by atoms with Gasteiger partial charge in [-0.15, -0.1) is 0 Å². The maximum absolute atomic E-state index is 5.52. The molecule has 0 bridgehead atoms. The van der Waals surface area contributed by atoms with Crippen LogP contribution < -0.4 is 0 Å². The van der Waals surface area contributed by atoms with Crippen LogP contribution in [-0.2, 0) is 4.74 Å². The van der Waals surface area contributed by atoms with Crippen LogP contribution in [-0.4, -0.2) is 12.2 Å². The molecule has 1 aliphatic heterocycles. The molecular formula is C9H14O. The zero-order chi connectivity index (χ0) is 6.55. The highest BCUT2D eigenvalue weighted by molar-refractivity contribution is 5.03. The Morgan fingerprint density at radius 1 is 1.10 bits per heavy atom. The topological polar surface area (TPSA) is 12.5 Å². The Labute approximate surface area is 61.8 Å². The van der Waals surface area contributed by atoms with Gasteiger partial charge in [-0.05, 0) is 31.1 Å². The molecule has 1 heteroatoms. The van der Waals surface area contributed by atoms with Crippen LogP contribution >= 0.6 is 0 Å². The van der Waals surface area contributed by atoms with E-state index < -0.39 is 0 Å². The Morgan fingerprint density at radius 2 is 2.00 bits per heavy atom. The van der Waals surface area contributed by atoms with Crippen molar-refractivity contribution < 1.29 is 4.74 Å². The van der Waals surface area contributed by atoms with Gasteiger partial charge in [0.05, 0.1) is 12.2 Å². The molecule has 0 N–H and O–H groups in total. The average molecular weight is 138 g/mol. The summed E-state index contributed by atoms with van der Waals surface area (Å²) in [4.78, 5) is 0. The molecule has 2 saturated carbocycles. The predicted octanol–water partition coefficient (Wildman–Crippen LogP) is 1.96. The van der Waals surface area contributed by atoms with Gasteiger partial charge in [0.25, 0.3) is 0 Å². The second kappa shape index (κ2) is 1.76. The van der Waals surface area contributed by atoms with Crippen molar-refractivity contribution in [1.82, 2.24) is 0 Å². The molecule has 0 aromatic carbocycles. The zero-order valence-corrected chi connectivity index (χ0v) is 6.25. The first-order chi connectivity index (χ1) is 4.95. The summed E-state index contributed by atoms with van der Waals surface area (Å²) in [5.74, 6) is 2.05. The van der Waals surface area contributed by atoms with E-state index in [1.54, 1.807) is 0 Å². The Hall–Kier alpha value is -0.0400. The van der Waals surface area contributed by atoms with Gasteiger partial charge in [0.1, 0.15) is 0 Å². The highest BCUT2D eigenvalue weighted by atomic mass is 16.6. The van der Waals surface area contributed by atoms with Crippen LogP contribution in [0.25, 0.3) is 0 Å². The van der Waals surface area contributed by atoms with E-state index in [4.69, 9.17) is 4.74 Å². The minimum Gasteiger partial charge on any atom is -0.369 e. The molecule has 3 rings (SSSR count). The quantitative estimate of drug-likeness (QED) is 0.466. The summed E-state index contributed by atoms with van der Waals surface area (Å²) >= 11 is 0. The van der Waals surface area contributed by atoms with Gasteiger partial charge in [-0.2, -0.15) is 0 Å². The Balaban J connectivity index is 1.80. The second-order valence-electron chi connectivity index (χ2n) is 4.08. The van der Waals surface area contributed by atoms with Crippen molar-refractivity contribution in [1.29, 1.82) is 0 Å². The molecule has 1 nitrogen and oxygen atoms in total. The number of rotatable bonds is 0. The van der Waals surface area contributed by atoms with Crippen molar-refractivity contribution in [2.45, 2.75) is 44.3 Å². The fraction of sp³-hybridized carbons (Fsp3) is 1.00. The molecule has 0 amide bonds. The van der Waals surface area contributed by atoms with Gasteiger partial charge in [-0.3, -0.25) is 0 Å². The van der Waals surface area contributed by atoms with E-state index in [0.29, 0.717) is 6.10 Å². The summed E-state index contributed by atoms with van der Waals surface area (Å²) in [6, 6.07) is 0. The molecule has 0 aromatic rings. The largest absolute Gasteiger partial charge is 0.369 e. The van der Waals surface area contributed by atoms with Gasteiger partial charge in [0, 0.05) is 0 Å². The van der Waals surface area contributed by atoms with Crippen molar-refractivity contribution >= 4 is 0 Å². The number of ether oxygens (including phenoxy) is 1. The lowest BCUT2D eigenvalue weighted by molar-refractivity contribution is 0.157. The van der Waals surface area contributed by atoms with E-state index >= 15 is 0 Å². The third kappa shape index (κ3) is 0.619. The lowest BCUT2D eigenvalue weighted by Gasteiger charge is -2.26. The fourth-order valence-corrected chi connectivity index (χ4v) is 2.98. The normalized spacial score (nSPS) is 57.6. The standard InChI is InChI=1S/C9H14O/c1-2-4-7-6(3-1)5-8-9(7)10-8/h6-9H,1-5H2/t6-,7-,8-,9?/m0/s1. The third-order valence-electron chi connectivity index (χ3n) is 3.55. The molecule has 1 saturated heterocycles. The van der Waals surface area contributed by atoms with E-state index in [1.807, 2.05) is 0 Å². The summed E-state index contributed by atoms with van der Waals surface area (Å²) in [6.07, 6.45) is 8.76. The van der Waals surface area contributed by atoms with E-state index in [0.717, 1.165) is 17.9 Å². The monoisotopic (exact) mass is 138 g/mol. The molecule has 1 heterocycles. The maximum Gasteiger partial charge on any atom is 0.0872 e. The van der Waals surface area contributed by atoms with Gasteiger partial charge in [0.2, 0.25) is 0 Å². The van der Waals surface area contributed by atoms with Crippen LogP contribution in [0.3, 0.4) is 0 Å². The number of hydrogen-bond acceptors (Lipinski definition) is 1. The number of epoxide rings is 1. The first kappa shape index (κ1) is 5.59. The molecule has 4 atom stereocenters. The molecule has 10 heavy (non-hydrogen) atoms. The summed E-state index contributed by atoms with van der Waals surface area (Å²) in [7, 11) is 0. The van der Waals surface area contributed by atoms with Crippen LogP contribution in [0.5, 0.6) is 0 Å². The van der Waals surface area contributed by atoms with Crippen LogP contribution in [0.4, 0.5) is 0 Å². The van der Waals surface area contributed by atoms with Crippen molar-refractivity contribution in [2.24, 2.45) is 11.8 Å². The molecule has 1 unspecified atom stereocenters. The van der Waals surface area contributed by atoms with E-state index in [1.165, 1.54) is 32.1 Å². The minimum atomic E-state index is 0.716. The predicted molar refractivity (Wildman–Crippen MR) is 38.7 cm³/mol. The molecule has 0 spiro atoms. The number of fused-ring (bicyclic) bond motifs is 3. The second-order valence-corrected chi connectivity index (χ2v) is 4.08. The molecule has 3 fully saturated rings. The van der Waals surface area contributed by atoms with Crippen LogP contribution in [0, 0.1) is 11.8 Å². The molecule has 0 aromatic heterocycles. The van der Waals surface area contributed by atoms with E-state index in [2.05, 4.69) is 0 Å². The van der Waals surface area contributed by atoms with Crippen LogP contribution in [0.2, 0.25) is 0 Å². The fourth-order valence-electron chi connectivity index (χ4n) is 2.98. The van der Waals surface area contributed by atoms with Gasteiger partial charge in [0.15, 0.2) is 0 Å². The van der Waals surface area contributed by atoms with Crippen molar-refractivity contribution in [2.75, 3.05) is 0 Å². The Kier molecular flexibility index (Phi) is 0.984. The van der Waals surface area contributed by atoms with Gasteiger partial charge in [-0.25, -0.2) is 0 Å². The zero-order valence-electron chi connectivity index (χ0n) is 6.25. The third-order valence-corrected chi connectivity index (χ3v) is 3.55. The molecular weight excluding hydrogens is 124 g/mol. The van der Waals surface area contributed by atoms with Crippen molar-refractivity contribution in [3.05, 3.63) is 0 Å². The van der Waals surface area contributed by atoms with E-state index in [-0.39, 0.29) is 0 Å². The van der Waals surface area contributed by atoms with E-state index in [9.17, 15) is 0 Å². The summed E-state index contributed by atoms with van der Waals surface area (Å²) in [6.45, 7) is 0. The van der Waals surface area contributed by atoms with Crippen molar-refractivity contribution in [3.8, 4) is 0 Å².